The summed E-state index contributed by atoms with van der Waals surface area (Å²) >= 11 is 0. The first-order valence-corrected chi connectivity index (χ1v) is 6.35. The van der Waals surface area contributed by atoms with Gasteiger partial charge in [-0.15, -0.1) is 0 Å². The number of rotatable bonds is 4. The van der Waals surface area contributed by atoms with Gasteiger partial charge < -0.3 is 4.74 Å². The van der Waals surface area contributed by atoms with Gasteiger partial charge in [0, 0.05) is 5.56 Å². The van der Waals surface area contributed by atoms with Crippen LogP contribution in [-0.2, 0) is 6.61 Å². The Balaban J connectivity index is 2.17. The topological polar surface area (TPSA) is 26.3 Å². The predicted octanol–water partition coefficient (Wildman–Crippen LogP) is 4.00. The summed E-state index contributed by atoms with van der Waals surface area (Å²) in [7, 11) is 0. The van der Waals surface area contributed by atoms with Crippen molar-refractivity contribution in [1.29, 1.82) is 0 Å². The molecule has 0 unspecified atom stereocenters. The van der Waals surface area contributed by atoms with Gasteiger partial charge in [-0.3, -0.25) is 4.79 Å². The van der Waals surface area contributed by atoms with Crippen LogP contribution in [0.3, 0.4) is 0 Å². The summed E-state index contributed by atoms with van der Waals surface area (Å²) in [5, 5.41) is 0. The van der Waals surface area contributed by atoms with Crippen LogP contribution in [0.1, 0.15) is 32.6 Å². The van der Waals surface area contributed by atoms with Crippen molar-refractivity contribution in [3.05, 3.63) is 64.2 Å². The molecule has 2 aromatic rings. The number of hydrogen-bond donors (Lipinski definition) is 0. The molecule has 0 atom stereocenters. The normalized spacial score (nSPS) is 10.3. The minimum atomic E-state index is 0.484. The van der Waals surface area contributed by atoms with E-state index in [9.17, 15) is 4.79 Å². The van der Waals surface area contributed by atoms with Gasteiger partial charge in [0.1, 0.15) is 18.6 Å². The molecule has 0 aromatic heterocycles. The molecule has 2 rings (SSSR count). The molecule has 0 saturated carbocycles. The average molecular weight is 254 g/mol. The minimum absolute atomic E-state index is 0.484. The van der Waals surface area contributed by atoms with Crippen molar-refractivity contribution in [2.24, 2.45) is 0 Å². The number of carbonyl (C=O) groups is 1. The standard InChI is InChI=1S/C17H18O2/c1-12-4-6-17(7-5-12)19-11-16-9-13(2)8-15(10-18)14(16)3/h4-10H,11H2,1-3H3. The Morgan fingerprint density at radius 3 is 2.32 bits per heavy atom. The summed E-state index contributed by atoms with van der Waals surface area (Å²) in [6.07, 6.45) is 0.901. The van der Waals surface area contributed by atoms with E-state index in [1.54, 1.807) is 0 Å². The lowest BCUT2D eigenvalue weighted by Gasteiger charge is -2.11. The molecule has 0 spiro atoms. The fraction of sp³-hybridized carbons (Fsp3) is 0.235. The molecule has 0 radical (unpaired) electrons. The van der Waals surface area contributed by atoms with E-state index >= 15 is 0 Å². The Morgan fingerprint density at radius 1 is 1.00 bits per heavy atom. The SMILES string of the molecule is Cc1ccc(OCc2cc(C)cc(C=O)c2C)cc1. The molecule has 0 bridgehead atoms. The lowest BCUT2D eigenvalue weighted by Crippen LogP contribution is -2.01. The molecular formula is C17H18O2. The van der Waals surface area contributed by atoms with Crippen molar-refractivity contribution < 1.29 is 9.53 Å². The van der Waals surface area contributed by atoms with Crippen LogP contribution in [0.2, 0.25) is 0 Å². The highest BCUT2D eigenvalue weighted by Gasteiger charge is 2.06. The van der Waals surface area contributed by atoms with E-state index < -0.39 is 0 Å². The second-order valence-electron chi connectivity index (χ2n) is 4.86. The Bertz CT molecular complexity index is 583. The van der Waals surface area contributed by atoms with Gasteiger partial charge in [-0.05, 0) is 50.1 Å². The van der Waals surface area contributed by atoms with E-state index in [0.717, 1.165) is 34.3 Å². The molecule has 2 aromatic carbocycles. The monoisotopic (exact) mass is 254 g/mol. The van der Waals surface area contributed by atoms with Gasteiger partial charge in [0.15, 0.2) is 0 Å². The zero-order valence-electron chi connectivity index (χ0n) is 11.6. The maximum atomic E-state index is 11.0. The number of aldehydes is 1. The third-order valence-corrected chi connectivity index (χ3v) is 3.24. The Kier molecular flexibility index (Phi) is 4.00. The number of hydrogen-bond acceptors (Lipinski definition) is 2. The van der Waals surface area contributed by atoms with Crippen molar-refractivity contribution in [3.63, 3.8) is 0 Å². The van der Waals surface area contributed by atoms with Crippen molar-refractivity contribution >= 4 is 6.29 Å². The first-order valence-electron chi connectivity index (χ1n) is 6.35. The van der Waals surface area contributed by atoms with Gasteiger partial charge in [0.25, 0.3) is 0 Å². The maximum Gasteiger partial charge on any atom is 0.150 e. The summed E-state index contributed by atoms with van der Waals surface area (Å²) in [6.45, 7) is 6.47. The van der Waals surface area contributed by atoms with Crippen LogP contribution >= 0.6 is 0 Å². The van der Waals surface area contributed by atoms with Gasteiger partial charge in [-0.1, -0.05) is 29.3 Å². The molecule has 19 heavy (non-hydrogen) atoms. The van der Waals surface area contributed by atoms with Crippen LogP contribution < -0.4 is 4.74 Å². The molecule has 0 aliphatic heterocycles. The zero-order chi connectivity index (χ0) is 13.8. The van der Waals surface area contributed by atoms with Crippen LogP contribution in [0.25, 0.3) is 0 Å². The summed E-state index contributed by atoms with van der Waals surface area (Å²) in [4.78, 5) is 11.0. The molecular weight excluding hydrogens is 236 g/mol. The van der Waals surface area contributed by atoms with Crippen molar-refractivity contribution in [2.75, 3.05) is 0 Å². The van der Waals surface area contributed by atoms with E-state index in [0.29, 0.717) is 6.61 Å². The van der Waals surface area contributed by atoms with Crippen LogP contribution in [0.15, 0.2) is 36.4 Å². The smallest absolute Gasteiger partial charge is 0.150 e. The third kappa shape index (κ3) is 3.22. The maximum absolute atomic E-state index is 11.0. The van der Waals surface area contributed by atoms with Crippen molar-refractivity contribution in [1.82, 2.24) is 0 Å². The predicted molar refractivity (Wildman–Crippen MR) is 76.8 cm³/mol. The Labute approximate surface area is 114 Å². The first kappa shape index (κ1) is 13.3. The molecule has 2 heteroatoms. The van der Waals surface area contributed by atoms with E-state index in [4.69, 9.17) is 4.74 Å². The second kappa shape index (κ2) is 5.70. The minimum Gasteiger partial charge on any atom is -0.489 e. The summed E-state index contributed by atoms with van der Waals surface area (Å²) in [6, 6.07) is 11.9. The second-order valence-corrected chi connectivity index (χ2v) is 4.86. The lowest BCUT2D eigenvalue weighted by atomic mass is 10.0. The average Bonchev–Trinajstić information content (AvgIpc) is 2.41. The molecule has 0 N–H and O–H groups in total. The van der Waals surface area contributed by atoms with E-state index in [-0.39, 0.29) is 0 Å². The van der Waals surface area contributed by atoms with Crippen LogP contribution in [0.5, 0.6) is 5.75 Å². The van der Waals surface area contributed by atoms with Crippen LogP contribution in [0.4, 0.5) is 0 Å². The highest BCUT2D eigenvalue weighted by Crippen LogP contribution is 2.19. The van der Waals surface area contributed by atoms with Gasteiger partial charge in [-0.25, -0.2) is 0 Å². The summed E-state index contributed by atoms with van der Waals surface area (Å²) < 4.78 is 5.77. The quantitative estimate of drug-likeness (QED) is 0.771. The summed E-state index contributed by atoms with van der Waals surface area (Å²) in [5.74, 6) is 0.846. The highest BCUT2D eigenvalue weighted by atomic mass is 16.5. The van der Waals surface area contributed by atoms with Gasteiger partial charge in [0.2, 0.25) is 0 Å². The number of ether oxygens (including phenoxy) is 1. The van der Waals surface area contributed by atoms with Gasteiger partial charge in [-0.2, -0.15) is 0 Å². The Hall–Kier alpha value is -2.09. The van der Waals surface area contributed by atoms with Crippen molar-refractivity contribution in [3.8, 4) is 5.75 Å². The molecule has 0 fully saturated rings. The number of benzene rings is 2. The largest absolute Gasteiger partial charge is 0.489 e. The highest BCUT2D eigenvalue weighted by molar-refractivity contribution is 5.78. The summed E-state index contributed by atoms with van der Waals surface area (Å²) in [5.41, 5.74) is 5.08. The lowest BCUT2D eigenvalue weighted by molar-refractivity contribution is 0.112. The number of carbonyl (C=O) groups excluding carboxylic acids is 1. The van der Waals surface area contributed by atoms with Gasteiger partial charge in [0.05, 0.1) is 0 Å². The molecule has 0 amide bonds. The Morgan fingerprint density at radius 2 is 1.68 bits per heavy atom. The molecule has 98 valence electrons. The van der Waals surface area contributed by atoms with E-state index in [2.05, 4.69) is 6.07 Å². The molecule has 0 aliphatic carbocycles. The van der Waals surface area contributed by atoms with E-state index in [1.165, 1.54) is 5.56 Å². The van der Waals surface area contributed by atoms with Crippen LogP contribution in [0, 0.1) is 20.8 Å². The zero-order valence-corrected chi connectivity index (χ0v) is 11.6. The van der Waals surface area contributed by atoms with Crippen LogP contribution in [-0.4, -0.2) is 6.29 Å². The van der Waals surface area contributed by atoms with Gasteiger partial charge >= 0.3 is 0 Å². The number of aryl methyl sites for hydroxylation is 2. The molecule has 2 nitrogen and oxygen atoms in total. The fourth-order valence-electron chi connectivity index (χ4n) is 2.03. The molecule has 0 saturated heterocycles. The molecule has 0 aliphatic rings. The molecule has 0 heterocycles. The third-order valence-electron chi connectivity index (χ3n) is 3.24. The fourth-order valence-corrected chi connectivity index (χ4v) is 2.03. The van der Waals surface area contributed by atoms with Crippen molar-refractivity contribution in [2.45, 2.75) is 27.4 Å². The van der Waals surface area contributed by atoms with E-state index in [1.807, 2.05) is 51.1 Å². The first-order chi connectivity index (χ1) is 9.10.